The van der Waals surface area contributed by atoms with Gasteiger partial charge >= 0.3 is 175 Å². The van der Waals surface area contributed by atoms with Crippen molar-refractivity contribution in [1.29, 1.82) is 0 Å². The standard InChI is InChI=1S/Fe.3H3O4P.9O.3W/c;3*1-5(2,3)4;;;;;;;;;;;;/h;3*(H3,1,2,3,4);;;;;;;;;;;;/q+3;;;;;;;;;;3*-1;3*+1/p-3. The van der Waals surface area contributed by atoms with Gasteiger partial charge in [0.15, 0.2) is 0 Å². The fourth-order valence-electron chi connectivity index (χ4n) is 0.357. The van der Waals surface area contributed by atoms with E-state index in [-0.39, 0.29) is 17.1 Å². The van der Waals surface area contributed by atoms with E-state index in [2.05, 4.69) is 9.53 Å². The molecule has 173 valence electrons. The molecule has 0 aromatic carbocycles. The van der Waals surface area contributed by atoms with Crippen LogP contribution in [-0.4, -0.2) is 29.4 Å². The maximum Gasteiger partial charge on any atom is 3.00 e. The molecule has 6 N–H and O–H groups in total. The van der Waals surface area contributed by atoms with E-state index in [9.17, 15) is 45.4 Å². The summed E-state index contributed by atoms with van der Waals surface area (Å²) in [5, 5.41) is 0. The number of hydrogen-bond acceptors (Lipinski definition) is 15. The molecule has 0 unspecified atom stereocenters. The molecule has 0 atom stereocenters. The molecular formula is H6FeO21P3W3. The maximum absolute atomic E-state index is 9.57. The van der Waals surface area contributed by atoms with Crippen molar-refractivity contribution < 1.29 is 152 Å². The second kappa shape index (κ2) is 13.2. The fourth-order valence-corrected chi connectivity index (χ4v) is 8.76. The van der Waals surface area contributed by atoms with Gasteiger partial charge in [0.2, 0.25) is 0 Å². The minimum atomic E-state index is -6.44. The first kappa shape index (κ1) is 36.9. The molecule has 0 fully saturated rings. The van der Waals surface area contributed by atoms with E-state index in [0.717, 1.165) is 0 Å². The van der Waals surface area contributed by atoms with E-state index in [1.165, 1.54) is 0 Å². The van der Waals surface area contributed by atoms with E-state index in [0.29, 0.717) is 0 Å². The zero-order chi connectivity index (χ0) is 23.1. The topological polar surface area (TPSA) is 372 Å². The zero-order valence-corrected chi connectivity index (χ0v) is 24.3. The maximum atomic E-state index is 9.57. The van der Waals surface area contributed by atoms with E-state index < -0.39 is 73.7 Å². The Morgan fingerprint density at radius 2 is 0.607 bits per heavy atom. The number of hydrogen-bond donors (Lipinski definition) is 6. The van der Waals surface area contributed by atoms with Crippen LogP contribution in [0.15, 0.2) is 0 Å². The molecule has 0 saturated carbocycles. The molecule has 1 radical (unpaired) electrons. The van der Waals surface area contributed by atoms with Crippen LogP contribution in [0.25, 0.3) is 0 Å². The third-order valence-corrected chi connectivity index (χ3v) is 13.9. The Labute approximate surface area is 174 Å². The second-order valence-corrected chi connectivity index (χ2v) is 19.9. The minimum Gasteiger partial charge on any atom is 3.00 e. The van der Waals surface area contributed by atoms with Crippen molar-refractivity contribution in [2.75, 3.05) is 0 Å². The Hall–Kier alpha value is 1.59. The van der Waals surface area contributed by atoms with Crippen LogP contribution in [0.5, 0.6) is 0 Å². The summed E-state index contributed by atoms with van der Waals surface area (Å²) in [7, 11) is -15.4. The van der Waals surface area contributed by atoms with Crippen molar-refractivity contribution in [1.82, 2.24) is 0 Å². The Morgan fingerprint density at radius 3 is 0.607 bits per heavy atom. The molecule has 0 spiro atoms. The quantitative estimate of drug-likeness (QED) is 0.107. The van der Waals surface area contributed by atoms with E-state index in [1.54, 1.807) is 0 Å². The fraction of sp³-hybridized carbons (Fsp3) is 0. The van der Waals surface area contributed by atoms with Crippen LogP contribution < -0.4 is 11.3 Å². The first-order chi connectivity index (χ1) is 11.1. The third kappa shape index (κ3) is 50.8. The normalized spacial score (nSPS) is 13.2. The average Bonchev–Trinajstić information content (AvgIpc) is 1.96. The van der Waals surface area contributed by atoms with Gasteiger partial charge in [0, 0.05) is 0 Å². The Balaban J connectivity index is -0.000000152. The third-order valence-electron chi connectivity index (χ3n) is 0.565. The van der Waals surface area contributed by atoms with Crippen LogP contribution in [0.2, 0.25) is 0 Å². The van der Waals surface area contributed by atoms with Crippen LogP contribution in [0.1, 0.15) is 0 Å². The van der Waals surface area contributed by atoms with Crippen molar-refractivity contribution >= 4 is 23.5 Å². The van der Waals surface area contributed by atoms with Crippen molar-refractivity contribution in [3.05, 3.63) is 0 Å². The monoisotopic (exact) mass is 1040 g/mol. The molecule has 0 aliphatic rings. The van der Waals surface area contributed by atoms with Gasteiger partial charge in [-0.05, 0) is 0 Å². The summed E-state index contributed by atoms with van der Waals surface area (Å²) in [6.07, 6.45) is 0. The van der Waals surface area contributed by atoms with Crippen molar-refractivity contribution in [2.45, 2.75) is 0 Å². The van der Waals surface area contributed by atoms with Gasteiger partial charge in [-0.2, -0.15) is 0 Å². The Bertz CT molecular complexity index is 776. The van der Waals surface area contributed by atoms with Gasteiger partial charge in [0.25, 0.3) is 0 Å². The summed E-state index contributed by atoms with van der Waals surface area (Å²) in [4.78, 5) is 46.2. The van der Waals surface area contributed by atoms with E-state index >= 15 is 0 Å². The predicted molar refractivity (Wildman–Crippen MR) is 43.5 cm³/mol. The largest absolute Gasteiger partial charge is 3.00 e. The molecule has 0 aromatic heterocycles. The molecule has 21 nitrogen and oxygen atoms in total. The van der Waals surface area contributed by atoms with Gasteiger partial charge in [-0.25, -0.2) is 0 Å². The van der Waals surface area contributed by atoms with Crippen molar-refractivity contribution in [3.63, 3.8) is 0 Å². The van der Waals surface area contributed by atoms with Crippen LogP contribution in [-0.2, 0) is 111 Å². The van der Waals surface area contributed by atoms with Gasteiger partial charge in [0.1, 0.15) is 0 Å². The van der Waals surface area contributed by atoms with Crippen molar-refractivity contribution in [3.8, 4) is 0 Å². The summed E-state index contributed by atoms with van der Waals surface area (Å²) in [5.74, 6) is 0. The minimum absolute atomic E-state index is 0. The van der Waals surface area contributed by atoms with Crippen molar-refractivity contribution in [2.24, 2.45) is 0 Å². The zero-order valence-electron chi connectivity index (χ0n) is 11.7. The molecular weight excluding hydrogens is 1040 g/mol. The molecule has 0 rings (SSSR count). The molecule has 0 amide bonds. The molecule has 28 heavy (non-hydrogen) atoms. The average molecular weight is 1040 g/mol. The first-order valence-corrected chi connectivity index (χ1v) is 23.3. The number of rotatable bonds is 6. The van der Waals surface area contributed by atoms with Crippen LogP contribution in [0.4, 0.5) is 0 Å². The number of phosphoric acid groups is 3. The smallest absolute Gasteiger partial charge is 3.00 e. The Kier molecular flexibility index (Phi) is 17.4. The van der Waals surface area contributed by atoms with Gasteiger partial charge in [-0.3, -0.25) is 0 Å². The predicted octanol–water partition coefficient (Wildman–Crippen LogP) is -5.61. The van der Waals surface area contributed by atoms with Gasteiger partial charge < -0.3 is 0 Å². The van der Waals surface area contributed by atoms with E-state index in [1.807, 2.05) is 0 Å². The van der Waals surface area contributed by atoms with Gasteiger partial charge in [0.05, 0.1) is 0 Å². The SMILES string of the molecule is O=P(O)(O)[O][W](=[O])(=[O])[O-].O=P(O)(O)[O][W](=[O])(=[O])[O-].O=P(O)(O)[O][W](=[O])(=[O])[O-].[Fe+3]. The molecule has 0 saturated heterocycles. The van der Waals surface area contributed by atoms with Gasteiger partial charge in [-0.1, -0.05) is 0 Å². The summed E-state index contributed by atoms with van der Waals surface area (Å²) in [6.45, 7) is 0. The molecule has 0 aliphatic carbocycles. The Morgan fingerprint density at radius 1 is 0.500 bits per heavy atom. The molecule has 0 aliphatic heterocycles. The second-order valence-electron chi connectivity index (χ2n) is 2.92. The summed E-state index contributed by atoms with van der Waals surface area (Å²) in [5.41, 5.74) is 0. The van der Waals surface area contributed by atoms with Gasteiger partial charge in [-0.15, -0.1) is 0 Å². The summed E-state index contributed by atoms with van der Waals surface area (Å²) >= 11 is -19.3. The van der Waals surface area contributed by atoms with Crippen LogP contribution >= 0.6 is 23.5 Å². The van der Waals surface area contributed by atoms with Crippen LogP contribution in [0, 0.1) is 0 Å². The molecule has 0 aromatic rings. The molecule has 0 bridgehead atoms. The molecule has 0 heterocycles. The summed E-state index contributed by atoms with van der Waals surface area (Å²) in [6, 6.07) is 0. The first-order valence-electron chi connectivity index (χ1n) is 4.30. The van der Waals surface area contributed by atoms with Crippen LogP contribution in [0.3, 0.4) is 0 Å². The van der Waals surface area contributed by atoms with E-state index in [4.69, 9.17) is 29.4 Å². The molecule has 28 heteroatoms. The summed E-state index contributed by atoms with van der Waals surface area (Å²) < 4.78 is 123.